The van der Waals surface area contributed by atoms with Gasteiger partial charge in [-0.25, -0.2) is 8.42 Å². The Bertz CT molecular complexity index is 898. The fourth-order valence-electron chi connectivity index (χ4n) is 2.09. The van der Waals surface area contributed by atoms with Crippen LogP contribution < -0.4 is 19.5 Å². The van der Waals surface area contributed by atoms with Gasteiger partial charge in [-0.15, -0.1) is 0 Å². The molecule has 0 aliphatic carbocycles. The van der Waals surface area contributed by atoms with Crippen LogP contribution in [0.4, 0.5) is 11.4 Å². The number of sulfonamides is 1. The summed E-state index contributed by atoms with van der Waals surface area (Å²) in [5, 5.41) is 3.07. The molecule has 0 bridgehead atoms. The quantitative estimate of drug-likeness (QED) is 0.745. The lowest BCUT2D eigenvalue weighted by Gasteiger charge is -2.13. The molecule has 0 heterocycles. The van der Waals surface area contributed by atoms with Crippen LogP contribution >= 0.6 is 11.6 Å². The van der Waals surface area contributed by atoms with E-state index in [2.05, 4.69) is 10.0 Å². The van der Waals surface area contributed by atoms with Crippen molar-refractivity contribution < 1.29 is 22.7 Å². The first-order chi connectivity index (χ1) is 12.3. The summed E-state index contributed by atoms with van der Waals surface area (Å²) in [6.45, 7) is 1.54. The summed E-state index contributed by atoms with van der Waals surface area (Å²) in [7, 11) is -0.440. The first-order valence-electron chi connectivity index (χ1n) is 7.63. The maximum absolute atomic E-state index is 12.4. The Kier molecular flexibility index (Phi) is 6.33. The van der Waals surface area contributed by atoms with Crippen LogP contribution in [0.5, 0.6) is 11.5 Å². The minimum atomic E-state index is -3.37. The van der Waals surface area contributed by atoms with Gasteiger partial charge in [0.25, 0.3) is 5.91 Å². The summed E-state index contributed by atoms with van der Waals surface area (Å²) < 4.78 is 35.9. The van der Waals surface area contributed by atoms with Gasteiger partial charge in [-0.1, -0.05) is 11.6 Å². The van der Waals surface area contributed by atoms with Gasteiger partial charge in [0.1, 0.15) is 11.5 Å². The molecule has 2 rings (SSSR count). The monoisotopic (exact) mass is 398 g/mol. The van der Waals surface area contributed by atoms with E-state index in [-0.39, 0.29) is 5.75 Å². The van der Waals surface area contributed by atoms with Crippen molar-refractivity contribution in [2.24, 2.45) is 0 Å². The van der Waals surface area contributed by atoms with Gasteiger partial charge in [0.15, 0.2) is 0 Å². The number of hydrogen-bond donors (Lipinski definition) is 2. The van der Waals surface area contributed by atoms with Crippen LogP contribution in [0.3, 0.4) is 0 Å². The van der Waals surface area contributed by atoms with Crippen LogP contribution in [0, 0.1) is 0 Å². The molecule has 0 aliphatic heterocycles. The Morgan fingerprint density at radius 3 is 2.23 bits per heavy atom. The lowest BCUT2D eigenvalue weighted by atomic mass is 10.2. The molecule has 9 heteroatoms. The van der Waals surface area contributed by atoms with E-state index in [9.17, 15) is 13.2 Å². The molecular weight excluding hydrogens is 380 g/mol. The van der Waals surface area contributed by atoms with E-state index in [0.29, 0.717) is 33.5 Å². The molecule has 0 atom stereocenters. The standard InChI is InChI=1S/C17H19ClN2O5S/c1-4-26(22,23)20-12-7-5-11(6-8-12)17(21)19-14-10-15(24-2)13(18)9-16(14)25-3/h5-10,20H,4H2,1-3H3,(H,19,21). The van der Waals surface area contributed by atoms with Gasteiger partial charge in [0, 0.05) is 23.4 Å². The third-order valence-corrected chi connectivity index (χ3v) is 5.12. The van der Waals surface area contributed by atoms with Crippen LogP contribution in [0.1, 0.15) is 17.3 Å². The van der Waals surface area contributed by atoms with Gasteiger partial charge in [-0.05, 0) is 31.2 Å². The summed E-state index contributed by atoms with van der Waals surface area (Å²) in [4.78, 5) is 12.4. The number of rotatable bonds is 7. The summed E-state index contributed by atoms with van der Waals surface area (Å²) in [6.07, 6.45) is 0. The highest BCUT2D eigenvalue weighted by atomic mass is 35.5. The van der Waals surface area contributed by atoms with E-state index in [0.717, 1.165) is 0 Å². The van der Waals surface area contributed by atoms with Gasteiger partial charge in [0.05, 0.1) is 30.7 Å². The highest BCUT2D eigenvalue weighted by molar-refractivity contribution is 7.92. The summed E-state index contributed by atoms with van der Waals surface area (Å²) in [5.41, 5.74) is 1.13. The van der Waals surface area contributed by atoms with Gasteiger partial charge >= 0.3 is 0 Å². The summed E-state index contributed by atoms with van der Waals surface area (Å²) in [5.74, 6) is 0.356. The van der Waals surface area contributed by atoms with Crippen molar-refractivity contribution in [2.75, 3.05) is 30.0 Å². The minimum Gasteiger partial charge on any atom is -0.495 e. The van der Waals surface area contributed by atoms with Crippen molar-refractivity contribution in [1.82, 2.24) is 0 Å². The minimum absolute atomic E-state index is 0.0343. The maximum Gasteiger partial charge on any atom is 0.255 e. The summed E-state index contributed by atoms with van der Waals surface area (Å²) in [6, 6.07) is 9.16. The number of anilines is 2. The second kappa shape index (κ2) is 8.29. The van der Waals surface area contributed by atoms with Crippen molar-refractivity contribution in [3.8, 4) is 11.5 Å². The highest BCUT2D eigenvalue weighted by Gasteiger charge is 2.14. The van der Waals surface area contributed by atoms with Crippen LogP contribution in [0.15, 0.2) is 36.4 Å². The number of amides is 1. The predicted octanol–water partition coefficient (Wildman–Crippen LogP) is 3.37. The number of carbonyl (C=O) groups excluding carboxylic acids is 1. The highest BCUT2D eigenvalue weighted by Crippen LogP contribution is 2.36. The topological polar surface area (TPSA) is 93.7 Å². The van der Waals surface area contributed by atoms with Gasteiger partial charge in [0.2, 0.25) is 10.0 Å². The van der Waals surface area contributed by atoms with Crippen LogP contribution in [-0.4, -0.2) is 34.3 Å². The smallest absolute Gasteiger partial charge is 0.255 e. The Morgan fingerprint density at radius 2 is 1.69 bits per heavy atom. The molecule has 2 N–H and O–H groups in total. The first kappa shape index (κ1) is 19.9. The Morgan fingerprint density at radius 1 is 1.08 bits per heavy atom. The lowest BCUT2D eigenvalue weighted by Crippen LogP contribution is -2.15. The fraction of sp³-hybridized carbons (Fsp3) is 0.235. The molecule has 0 aliphatic rings. The van der Waals surface area contributed by atoms with Crippen molar-refractivity contribution in [3.05, 3.63) is 47.0 Å². The largest absolute Gasteiger partial charge is 0.495 e. The van der Waals surface area contributed by atoms with E-state index in [1.165, 1.54) is 45.4 Å². The maximum atomic E-state index is 12.4. The molecule has 2 aromatic rings. The molecule has 7 nitrogen and oxygen atoms in total. The number of carbonyl (C=O) groups is 1. The van der Waals surface area contributed by atoms with Crippen LogP contribution in [-0.2, 0) is 10.0 Å². The van der Waals surface area contributed by atoms with E-state index in [1.807, 2.05) is 0 Å². The Labute approximate surface area is 157 Å². The average Bonchev–Trinajstić information content (AvgIpc) is 2.63. The zero-order valence-corrected chi connectivity index (χ0v) is 16.1. The molecule has 0 unspecified atom stereocenters. The fourth-order valence-corrected chi connectivity index (χ4v) is 2.96. The molecule has 0 spiro atoms. The van der Waals surface area contributed by atoms with Crippen molar-refractivity contribution >= 4 is 38.9 Å². The van der Waals surface area contributed by atoms with E-state index >= 15 is 0 Å². The molecule has 26 heavy (non-hydrogen) atoms. The number of nitrogens with one attached hydrogen (secondary N) is 2. The molecule has 2 aromatic carbocycles. The molecule has 140 valence electrons. The van der Waals surface area contributed by atoms with Gasteiger partial charge in [-0.3, -0.25) is 9.52 Å². The van der Waals surface area contributed by atoms with Gasteiger partial charge in [-0.2, -0.15) is 0 Å². The second-order valence-corrected chi connectivity index (χ2v) is 7.64. The average molecular weight is 399 g/mol. The third kappa shape index (κ3) is 4.80. The molecule has 0 saturated carbocycles. The Hall–Kier alpha value is -2.45. The van der Waals surface area contributed by atoms with E-state index in [1.54, 1.807) is 12.1 Å². The first-order valence-corrected chi connectivity index (χ1v) is 9.66. The molecule has 0 saturated heterocycles. The number of benzene rings is 2. The lowest BCUT2D eigenvalue weighted by molar-refractivity contribution is 0.102. The molecule has 0 aromatic heterocycles. The van der Waals surface area contributed by atoms with E-state index < -0.39 is 15.9 Å². The third-order valence-electron chi connectivity index (χ3n) is 3.52. The zero-order chi connectivity index (χ0) is 19.3. The van der Waals surface area contributed by atoms with Crippen molar-refractivity contribution in [2.45, 2.75) is 6.92 Å². The molecule has 0 radical (unpaired) electrons. The Balaban J connectivity index is 2.20. The molecular formula is C17H19ClN2O5S. The van der Waals surface area contributed by atoms with E-state index in [4.69, 9.17) is 21.1 Å². The predicted molar refractivity (Wildman–Crippen MR) is 102 cm³/mol. The number of halogens is 1. The normalized spacial score (nSPS) is 10.9. The number of ether oxygens (including phenoxy) is 2. The second-order valence-electron chi connectivity index (χ2n) is 5.22. The van der Waals surface area contributed by atoms with Gasteiger partial charge < -0.3 is 14.8 Å². The molecule has 1 amide bonds. The van der Waals surface area contributed by atoms with Crippen LogP contribution in [0.25, 0.3) is 0 Å². The SMILES string of the molecule is CCS(=O)(=O)Nc1ccc(C(=O)Nc2cc(OC)c(Cl)cc2OC)cc1. The number of methoxy groups -OCH3 is 2. The zero-order valence-electron chi connectivity index (χ0n) is 14.5. The van der Waals surface area contributed by atoms with Crippen molar-refractivity contribution in [1.29, 1.82) is 0 Å². The van der Waals surface area contributed by atoms with Crippen molar-refractivity contribution in [3.63, 3.8) is 0 Å². The summed E-state index contributed by atoms with van der Waals surface area (Å²) >= 11 is 6.04. The van der Waals surface area contributed by atoms with Crippen LogP contribution in [0.2, 0.25) is 5.02 Å². The molecule has 0 fully saturated rings. The number of hydrogen-bond acceptors (Lipinski definition) is 5.